The van der Waals surface area contributed by atoms with E-state index in [1.165, 1.54) is 0 Å². The second kappa shape index (κ2) is 4.90. The van der Waals surface area contributed by atoms with Crippen molar-refractivity contribution in [3.05, 3.63) is 23.2 Å². The average Bonchev–Trinajstić information content (AvgIpc) is 2.45. The fraction of sp³-hybridized carbons (Fsp3) is 0.375. The first-order chi connectivity index (χ1) is 5.83. The van der Waals surface area contributed by atoms with Crippen molar-refractivity contribution in [1.29, 1.82) is 0 Å². The van der Waals surface area contributed by atoms with E-state index in [0.29, 0.717) is 6.54 Å². The van der Waals surface area contributed by atoms with Crippen molar-refractivity contribution in [3.8, 4) is 0 Å². The van der Waals surface area contributed by atoms with Crippen molar-refractivity contribution in [2.75, 3.05) is 18.4 Å². The summed E-state index contributed by atoms with van der Waals surface area (Å²) in [6.07, 6.45) is 3.92. The van der Waals surface area contributed by atoms with Crippen LogP contribution in [0.2, 0.25) is 0 Å². The van der Waals surface area contributed by atoms with Crippen molar-refractivity contribution in [3.63, 3.8) is 0 Å². The van der Waals surface area contributed by atoms with Gasteiger partial charge < -0.3 is 11.1 Å². The maximum absolute atomic E-state index is 5.28. The van der Waals surface area contributed by atoms with E-state index in [9.17, 15) is 0 Å². The van der Waals surface area contributed by atoms with Gasteiger partial charge in [0.05, 0.1) is 5.69 Å². The summed E-state index contributed by atoms with van der Waals surface area (Å²) in [5.74, 6) is 0. The van der Waals surface area contributed by atoms with Gasteiger partial charge in [-0.3, -0.25) is 0 Å². The molecule has 0 unspecified atom stereocenters. The van der Waals surface area contributed by atoms with Crippen molar-refractivity contribution >= 4 is 16.5 Å². The number of thiazole rings is 1. The summed E-state index contributed by atoms with van der Waals surface area (Å²) in [6, 6.07) is 0. The summed E-state index contributed by atoms with van der Waals surface area (Å²) < 4.78 is 0. The number of hydrogen-bond donors (Lipinski definition) is 2. The van der Waals surface area contributed by atoms with Crippen molar-refractivity contribution in [2.24, 2.45) is 5.73 Å². The first-order valence-electron chi connectivity index (χ1n) is 3.84. The molecule has 0 aliphatic heterocycles. The topological polar surface area (TPSA) is 50.9 Å². The summed E-state index contributed by atoms with van der Waals surface area (Å²) in [5, 5.41) is 6.15. The van der Waals surface area contributed by atoms with Crippen LogP contribution in [0.15, 0.2) is 17.5 Å². The average molecular weight is 183 g/mol. The first-order valence-corrected chi connectivity index (χ1v) is 4.72. The predicted molar refractivity (Wildman–Crippen MR) is 53.5 cm³/mol. The Hall–Kier alpha value is -0.870. The van der Waals surface area contributed by atoms with Crippen LogP contribution in [0.25, 0.3) is 0 Å². The molecule has 0 aromatic carbocycles. The van der Waals surface area contributed by atoms with Crippen LogP contribution in [-0.4, -0.2) is 18.1 Å². The molecule has 0 amide bonds. The number of nitrogens with two attached hydrogens (primary N) is 1. The Labute approximate surface area is 76.3 Å². The minimum atomic E-state index is 0.596. The molecule has 0 aliphatic rings. The molecule has 0 saturated carbocycles. The van der Waals surface area contributed by atoms with Gasteiger partial charge in [-0.15, -0.1) is 11.3 Å². The molecule has 0 spiro atoms. The number of nitrogens with one attached hydrogen (secondary N) is 1. The maximum atomic E-state index is 5.28. The number of hydrogen-bond acceptors (Lipinski definition) is 4. The SMILES string of the molecule is Cc1csc(NC/C=C/CN)n1. The van der Waals surface area contributed by atoms with Crippen LogP contribution in [0.4, 0.5) is 5.13 Å². The molecule has 0 aliphatic carbocycles. The number of aryl methyl sites for hydroxylation is 1. The van der Waals surface area contributed by atoms with Crippen molar-refractivity contribution in [2.45, 2.75) is 6.92 Å². The Balaban J connectivity index is 2.28. The second-order valence-electron chi connectivity index (χ2n) is 2.38. The molecule has 0 saturated heterocycles. The highest BCUT2D eigenvalue weighted by molar-refractivity contribution is 7.13. The zero-order valence-electron chi connectivity index (χ0n) is 7.08. The van der Waals surface area contributed by atoms with Gasteiger partial charge >= 0.3 is 0 Å². The van der Waals surface area contributed by atoms with E-state index in [0.717, 1.165) is 17.4 Å². The Morgan fingerprint density at radius 1 is 1.67 bits per heavy atom. The third-order valence-corrected chi connectivity index (χ3v) is 2.21. The molecule has 4 heteroatoms. The monoisotopic (exact) mass is 183 g/mol. The van der Waals surface area contributed by atoms with Crippen LogP contribution in [0.5, 0.6) is 0 Å². The third-order valence-electron chi connectivity index (χ3n) is 1.29. The summed E-state index contributed by atoms with van der Waals surface area (Å²) in [4.78, 5) is 4.25. The fourth-order valence-electron chi connectivity index (χ4n) is 0.761. The fourth-order valence-corrected chi connectivity index (χ4v) is 1.46. The lowest BCUT2D eigenvalue weighted by molar-refractivity contribution is 1.20. The van der Waals surface area contributed by atoms with Gasteiger partial charge in [-0.25, -0.2) is 4.98 Å². The first kappa shape index (κ1) is 9.22. The van der Waals surface area contributed by atoms with E-state index < -0.39 is 0 Å². The summed E-state index contributed by atoms with van der Waals surface area (Å²) in [6.45, 7) is 3.38. The molecule has 12 heavy (non-hydrogen) atoms. The van der Waals surface area contributed by atoms with Gasteiger partial charge in [-0.2, -0.15) is 0 Å². The predicted octanol–water partition coefficient (Wildman–Crippen LogP) is 1.38. The Morgan fingerprint density at radius 2 is 2.50 bits per heavy atom. The quantitative estimate of drug-likeness (QED) is 0.693. The van der Waals surface area contributed by atoms with E-state index in [-0.39, 0.29) is 0 Å². The highest BCUT2D eigenvalue weighted by atomic mass is 32.1. The Morgan fingerprint density at radius 3 is 3.08 bits per heavy atom. The largest absolute Gasteiger partial charge is 0.358 e. The molecule has 3 N–H and O–H groups in total. The van der Waals surface area contributed by atoms with Gasteiger partial charge in [-0.05, 0) is 6.92 Å². The number of rotatable bonds is 4. The van der Waals surface area contributed by atoms with E-state index >= 15 is 0 Å². The Kier molecular flexibility index (Phi) is 3.76. The minimum absolute atomic E-state index is 0.596. The molecule has 0 fully saturated rings. The number of aromatic nitrogens is 1. The van der Waals surface area contributed by atoms with Gasteiger partial charge in [-0.1, -0.05) is 12.2 Å². The molecule has 0 bridgehead atoms. The van der Waals surface area contributed by atoms with Crippen LogP contribution in [-0.2, 0) is 0 Å². The van der Waals surface area contributed by atoms with Crippen molar-refractivity contribution in [1.82, 2.24) is 4.98 Å². The maximum Gasteiger partial charge on any atom is 0.183 e. The molecule has 66 valence electrons. The summed E-state index contributed by atoms with van der Waals surface area (Å²) in [5.41, 5.74) is 6.34. The van der Waals surface area contributed by atoms with Gasteiger partial charge in [0.1, 0.15) is 0 Å². The highest BCUT2D eigenvalue weighted by Gasteiger charge is 1.93. The van der Waals surface area contributed by atoms with E-state index in [1.54, 1.807) is 11.3 Å². The number of anilines is 1. The Bertz CT molecular complexity index is 255. The smallest absolute Gasteiger partial charge is 0.183 e. The van der Waals surface area contributed by atoms with Crippen LogP contribution >= 0.6 is 11.3 Å². The highest BCUT2D eigenvalue weighted by Crippen LogP contribution is 2.13. The lowest BCUT2D eigenvalue weighted by Crippen LogP contribution is -1.99. The van der Waals surface area contributed by atoms with Gasteiger partial charge in [0, 0.05) is 18.5 Å². The van der Waals surface area contributed by atoms with E-state index in [2.05, 4.69) is 10.3 Å². The summed E-state index contributed by atoms with van der Waals surface area (Å²) in [7, 11) is 0. The van der Waals surface area contributed by atoms with Crippen molar-refractivity contribution < 1.29 is 0 Å². The normalized spacial score (nSPS) is 10.8. The van der Waals surface area contributed by atoms with Crippen LogP contribution in [0, 0.1) is 6.92 Å². The second-order valence-corrected chi connectivity index (χ2v) is 3.24. The molecule has 1 heterocycles. The molecule has 1 rings (SSSR count). The summed E-state index contributed by atoms with van der Waals surface area (Å²) >= 11 is 1.62. The van der Waals surface area contributed by atoms with Crippen LogP contribution in [0.1, 0.15) is 5.69 Å². The lowest BCUT2D eigenvalue weighted by atomic mass is 10.5. The van der Waals surface area contributed by atoms with Gasteiger partial charge in [0.25, 0.3) is 0 Å². The van der Waals surface area contributed by atoms with E-state index in [4.69, 9.17) is 5.73 Å². The lowest BCUT2D eigenvalue weighted by Gasteiger charge is -1.95. The van der Waals surface area contributed by atoms with E-state index in [1.807, 2.05) is 24.5 Å². The molecule has 1 aromatic rings. The zero-order chi connectivity index (χ0) is 8.81. The zero-order valence-corrected chi connectivity index (χ0v) is 7.90. The van der Waals surface area contributed by atoms with Crippen LogP contribution in [0.3, 0.4) is 0 Å². The van der Waals surface area contributed by atoms with Crippen LogP contribution < -0.4 is 11.1 Å². The standard InChI is InChI=1S/C8H13N3S/c1-7-6-12-8(11-7)10-5-3-2-4-9/h2-3,6H,4-5,9H2,1H3,(H,10,11)/b3-2+. The molecular formula is C8H13N3S. The molecule has 1 aromatic heterocycles. The minimum Gasteiger partial charge on any atom is -0.358 e. The number of nitrogens with zero attached hydrogens (tertiary/aromatic N) is 1. The van der Waals surface area contributed by atoms with Gasteiger partial charge in [0.15, 0.2) is 5.13 Å². The molecular weight excluding hydrogens is 170 g/mol. The molecule has 0 radical (unpaired) electrons. The third kappa shape index (κ3) is 3.02. The van der Waals surface area contributed by atoms with Gasteiger partial charge in [0.2, 0.25) is 0 Å². The molecule has 3 nitrogen and oxygen atoms in total. The molecule has 0 atom stereocenters.